The highest BCUT2D eigenvalue weighted by molar-refractivity contribution is 5.98. The van der Waals surface area contributed by atoms with Crippen LogP contribution in [-0.2, 0) is 16.0 Å². The van der Waals surface area contributed by atoms with Crippen LogP contribution in [0.5, 0.6) is 0 Å². The molecule has 4 aromatic rings. The fourth-order valence-electron chi connectivity index (χ4n) is 4.66. The van der Waals surface area contributed by atoms with Crippen molar-refractivity contribution in [3.05, 3.63) is 102 Å². The maximum Gasteiger partial charge on any atom is 0.245 e. The van der Waals surface area contributed by atoms with Crippen LogP contribution in [0.4, 0.5) is 5.82 Å². The zero-order valence-corrected chi connectivity index (χ0v) is 22.6. The number of carbonyl (C=O) groups excluding carboxylic acids is 2. The molecule has 196 valence electrons. The smallest absolute Gasteiger partial charge is 0.245 e. The number of aromatic nitrogens is 2. The van der Waals surface area contributed by atoms with Gasteiger partial charge in [0.25, 0.3) is 0 Å². The van der Waals surface area contributed by atoms with Gasteiger partial charge in [0.2, 0.25) is 11.8 Å². The molecule has 0 aliphatic heterocycles. The largest absolute Gasteiger partial charge is 0.333 e. The van der Waals surface area contributed by atoms with Gasteiger partial charge in [-0.2, -0.15) is 5.10 Å². The SMILES string of the molecule is Cc1ccccc1-n1nc(C)c(-c2ccccc2)c1NC(=O)CN(CC(C)C)C(=O)CCc1ccccc1. The van der Waals surface area contributed by atoms with E-state index in [1.54, 1.807) is 9.58 Å². The maximum atomic E-state index is 13.5. The highest BCUT2D eigenvalue weighted by Gasteiger charge is 2.23. The normalized spacial score (nSPS) is 11.0. The fraction of sp³-hybridized carbons (Fsp3) is 0.281. The molecule has 38 heavy (non-hydrogen) atoms. The first kappa shape index (κ1) is 26.9. The van der Waals surface area contributed by atoms with Gasteiger partial charge in [0, 0.05) is 18.5 Å². The summed E-state index contributed by atoms with van der Waals surface area (Å²) in [4.78, 5) is 28.4. The Balaban J connectivity index is 1.61. The first-order chi connectivity index (χ1) is 18.3. The number of hydrogen-bond acceptors (Lipinski definition) is 3. The number of para-hydroxylation sites is 1. The van der Waals surface area contributed by atoms with Crippen molar-refractivity contribution in [2.24, 2.45) is 5.92 Å². The maximum absolute atomic E-state index is 13.5. The van der Waals surface area contributed by atoms with Gasteiger partial charge in [0.05, 0.1) is 17.9 Å². The number of nitrogens with zero attached hydrogens (tertiary/aromatic N) is 3. The van der Waals surface area contributed by atoms with E-state index in [4.69, 9.17) is 5.10 Å². The van der Waals surface area contributed by atoms with Crippen LogP contribution in [0.25, 0.3) is 16.8 Å². The van der Waals surface area contributed by atoms with Crippen molar-refractivity contribution in [1.82, 2.24) is 14.7 Å². The molecule has 0 saturated heterocycles. The minimum absolute atomic E-state index is 0.0158. The highest BCUT2D eigenvalue weighted by atomic mass is 16.2. The molecular formula is C32H36N4O2. The van der Waals surface area contributed by atoms with Gasteiger partial charge in [-0.1, -0.05) is 92.7 Å². The van der Waals surface area contributed by atoms with Crippen molar-refractivity contribution in [3.8, 4) is 16.8 Å². The summed E-state index contributed by atoms with van der Waals surface area (Å²) in [6.07, 6.45) is 1.01. The van der Waals surface area contributed by atoms with Crippen molar-refractivity contribution < 1.29 is 9.59 Å². The first-order valence-corrected chi connectivity index (χ1v) is 13.2. The standard InChI is InChI=1S/C32H36N4O2/c1-23(2)21-35(30(38)20-19-26-14-7-5-8-15-26)22-29(37)33-32-31(27-16-9-6-10-17-27)25(4)34-36(32)28-18-12-11-13-24(28)3/h5-18,23H,19-22H2,1-4H3,(H,33,37). The van der Waals surface area contributed by atoms with Gasteiger partial charge in [0.1, 0.15) is 5.82 Å². The van der Waals surface area contributed by atoms with Crippen molar-refractivity contribution in [1.29, 1.82) is 0 Å². The van der Waals surface area contributed by atoms with Crippen LogP contribution in [0.1, 0.15) is 37.1 Å². The van der Waals surface area contributed by atoms with Crippen molar-refractivity contribution >= 4 is 17.6 Å². The molecule has 4 rings (SSSR count). The summed E-state index contributed by atoms with van der Waals surface area (Å²) in [6, 6.07) is 27.9. The summed E-state index contributed by atoms with van der Waals surface area (Å²) in [5.41, 5.74) is 5.70. The van der Waals surface area contributed by atoms with Crippen molar-refractivity contribution in [2.45, 2.75) is 40.5 Å². The van der Waals surface area contributed by atoms with E-state index in [2.05, 4.69) is 19.2 Å². The number of carbonyl (C=O) groups is 2. The summed E-state index contributed by atoms with van der Waals surface area (Å²) in [5.74, 6) is 0.576. The topological polar surface area (TPSA) is 67.2 Å². The second kappa shape index (κ2) is 12.4. The quantitative estimate of drug-likeness (QED) is 0.277. The molecule has 0 saturated carbocycles. The lowest BCUT2D eigenvalue weighted by atomic mass is 10.1. The molecule has 1 N–H and O–H groups in total. The van der Waals surface area contributed by atoms with E-state index in [1.165, 1.54) is 0 Å². The first-order valence-electron chi connectivity index (χ1n) is 13.2. The zero-order chi connectivity index (χ0) is 27.1. The average molecular weight is 509 g/mol. The highest BCUT2D eigenvalue weighted by Crippen LogP contribution is 2.34. The van der Waals surface area contributed by atoms with E-state index in [-0.39, 0.29) is 24.3 Å². The molecule has 0 radical (unpaired) electrons. The summed E-state index contributed by atoms with van der Waals surface area (Å²) in [7, 11) is 0. The molecule has 6 heteroatoms. The van der Waals surface area contributed by atoms with Crippen LogP contribution in [0, 0.1) is 19.8 Å². The van der Waals surface area contributed by atoms with Gasteiger partial charge in [0.15, 0.2) is 0 Å². The van der Waals surface area contributed by atoms with Gasteiger partial charge in [-0.25, -0.2) is 4.68 Å². The van der Waals surface area contributed by atoms with Crippen molar-refractivity contribution in [2.75, 3.05) is 18.4 Å². The van der Waals surface area contributed by atoms with E-state index >= 15 is 0 Å². The molecule has 0 atom stereocenters. The van der Waals surface area contributed by atoms with Crippen LogP contribution in [0.3, 0.4) is 0 Å². The Bertz CT molecular complexity index is 1380. The number of rotatable bonds is 10. The third kappa shape index (κ3) is 6.57. The molecule has 0 spiro atoms. The van der Waals surface area contributed by atoms with Crippen LogP contribution in [-0.4, -0.2) is 39.6 Å². The molecule has 6 nitrogen and oxygen atoms in total. The van der Waals surface area contributed by atoms with Crippen LogP contribution < -0.4 is 5.32 Å². The van der Waals surface area contributed by atoms with Gasteiger partial charge in [-0.15, -0.1) is 0 Å². The lowest BCUT2D eigenvalue weighted by Crippen LogP contribution is -2.40. The molecule has 3 aromatic carbocycles. The summed E-state index contributed by atoms with van der Waals surface area (Å²) >= 11 is 0. The average Bonchev–Trinajstić information content (AvgIpc) is 3.23. The Hall–Kier alpha value is -4.19. The predicted molar refractivity (Wildman–Crippen MR) is 153 cm³/mol. The Morgan fingerprint density at radius 2 is 1.53 bits per heavy atom. The second-order valence-corrected chi connectivity index (χ2v) is 10.1. The zero-order valence-electron chi connectivity index (χ0n) is 22.6. The molecule has 0 unspecified atom stereocenters. The molecule has 1 heterocycles. The fourth-order valence-corrected chi connectivity index (χ4v) is 4.66. The second-order valence-electron chi connectivity index (χ2n) is 10.1. The molecule has 0 bridgehead atoms. The van der Waals surface area contributed by atoms with Crippen LogP contribution in [0.15, 0.2) is 84.9 Å². The van der Waals surface area contributed by atoms with E-state index in [0.717, 1.165) is 33.6 Å². The van der Waals surface area contributed by atoms with E-state index in [1.807, 2.05) is 98.8 Å². The number of amides is 2. The molecule has 1 aromatic heterocycles. The van der Waals surface area contributed by atoms with Gasteiger partial charge in [-0.05, 0) is 48.9 Å². The van der Waals surface area contributed by atoms with E-state index in [9.17, 15) is 9.59 Å². The predicted octanol–water partition coefficient (Wildman–Crippen LogP) is 6.21. The van der Waals surface area contributed by atoms with Gasteiger partial charge in [-0.3, -0.25) is 9.59 Å². The summed E-state index contributed by atoms with van der Waals surface area (Å²) in [6.45, 7) is 8.58. The Morgan fingerprint density at radius 3 is 2.18 bits per heavy atom. The van der Waals surface area contributed by atoms with Gasteiger partial charge < -0.3 is 10.2 Å². The van der Waals surface area contributed by atoms with Crippen LogP contribution in [0.2, 0.25) is 0 Å². The lowest BCUT2D eigenvalue weighted by Gasteiger charge is -2.24. The Morgan fingerprint density at radius 1 is 0.895 bits per heavy atom. The number of anilines is 1. The minimum Gasteiger partial charge on any atom is -0.333 e. The van der Waals surface area contributed by atoms with Crippen molar-refractivity contribution in [3.63, 3.8) is 0 Å². The molecule has 0 fully saturated rings. The summed E-state index contributed by atoms with van der Waals surface area (Å²) in [5, 5.41) is 7.94. The third-order valence-electron chi connectivity index (χ3n) is 6.47. The number of nitrogens with one attached hydrogen (secondary N) is 1. The molecular weight excluding hydrogens is 472 g/mol. The monoisotopic (exact) mass is 508 g/mol. The molecule has 0 aliphatic carbocycles. The number of hydrogen-bond donors (Lipinski definition) is 1. The number of aryl methyl sites for hydroxylation is 3. The molecule has 0 aliphatic rings. The van der Waals surface area contributed by atoms with Gasteiger partial charge >= 0.3 is 0 Å². The minimum atomic E-state index is -0.245. The Kier molecular flexibility index (Phi) is 8.74. The summed E-state index contributed by atoms with van der Waals surface area (Å²) < 4.78 is 1.80. The third-order valence-corrected chi connectivity index (χ3v) is 6.47. The number of benzene rings is 3. The van der Waals surface area contributed by atoms with E-state index < -0.39 is 0 Å². The lowest BCUT2D eigenvalue weighted by molar-refractivity contribution is -0.135. The Labute approximate surface area is 225 Å². The van der Waals surface area contributed by atoms with Crippen LogP contribution >= 0.6 is 0 Å². The van der Waals surface area contributed by atoms with E-state index in [0.29, 0.717) is 25.2 Å². The molecule has 2 amide bonds.